The fraction of sp³-hybridized carbons (Fsp3) is 0.571. The van der Waals surface area contributed by atoms with Gasteiger partial charge in [0.05, 0.1) is 5.69 Å². The summed E-state index contributed by atoms with van der Waals surface area (Å²) >= 11 is 1.36. The molecule has 0 aliphatic heterocycles. The Morgan fingerprint density at radius 2 is 2.23 bits per heavy atom. The fourth-order valence-electron chi connectivity index (χ4n) is 2.45. The molecule has 8 heteroatoms. The van der Waals surface area contributed by atoms with Crippen LogP contribution in [0.2, 0.25) is 0 Å². The molecule has 0 aliphatic carbocycles. The maximum atomic E-state index is 12.5. The first-order chi connectivity index (χ1) is 10.7. The molecule has 0 radical (unpaired) electrons. The van der Waals surface area contributed by atoms with Gasteiger partial charge in [0.2, 0.25) is 0 Å². The standard InChI is InChI=1S/C14H21N5O2S/c1-3-14(4-2,6-7-20)9-15-13(21)12-11(5-8-22-12)19-10-16-17-18-19/h5,8,10,20H,3-4,6-7,9H2,1-2H3,(H,15,21). The van der Waals surface area contributed by atoms with Crippen molar-refractivity contribution < 1.29 is 9.90 Å². The number of amides is 1. The number of thiophene rings is 1. The van der Waals surface area contributed by atoms with E-state index in [2.05, 4.69) is 34.7 Å². The Morgan fingerprint density at radius 1 is 1.45 bits per heavy atom. The maximum absolute atomic E-state index is 12.5. The molecule has 2 heterocycles. The third-order valence-corrected chi connectivity index (χ3v) is 5.11. The molecule has 2 N–H and O–H groups in total. The molecule has 0 fully saturated rings. The predicted octanol–water partition coefficient (Wildman–Crippen LogP) is 1.64. The summed E-state index contributed by atoms with van der Waals surface area (Å²) in [6, 6.07) is 1.82. The van der Waals surface area contributed by atoms with Gasteiger partial charge in [0.1, 0.15) is 11.2 Å². The Labute approximate surface area is 133 Å². The van der Waals surface area contributed by atoms with Gasteiger partial charge in [0.15, 0.2) is 0 Å². The van der Waals surface area contributed by atoms with E-state index in [4.69, 9.17) is 0 Å². The zero-order valence-corrected chi connectivity index (χ0v) is 13.6. The van der Waals surface area contributed by atoms with E-state index >= 15 is 0 Å². The predicted molar refractivity (Wildman–Crippen MR) is 84.1 cm³/mol. The van der Waals surface area contributed by atoms with Gasteiger partial charge < -0.3 is 10.4 Å². The summed E-state index contributed by atoms with van der Waals surface area (Å²) in [5, 5.41) is 25.1. The molecule has 7 nitrogen and oxygen atoms in total. The van der Waals surface area contributed by atoms with Gasteiger partial charge in [-0.15, -0.1) is 16.4 Å². The molecular weight excluding hydrogens is 302 g/mol. The number of carbonyl (C=O) groups is 1. The summed E-state index contributed by atoms with van der Waals surface area (Å²) < 4.78 is 1.48. The minimum atomic E-state index is -0.135. The van der Waals surface area contributed by atoms with Crippen molar-refractivity contribution >= 4 is 17.2 Å². The van der Waals surface area contributed by atoms with Crippen LogP contribution in [0.3, 0.4) is 0 Å². The lowest BCUT2D eigenvalue weighted by atomic mass is 9.79. The number of hydrogen-bond acceptors (Lipinski definition) is 6. The van der Waals surface area contributed by atoms with Crippen LogP contribution >= 0.6 is 11.3 Å². The zero-order chi connectivity index (χ0) is 16.0. The van der Waals surface area contributed by atoms with Crippen LogP contribution in [-0.4, -0.2) is 44.4 Å². The maximum Gasteiger partial charge on any atom is 0.263 e. The van der Waals surface area contributed by atoms with Crippen molar-refractivity contribution in [3.63, 3.8) is 0 Å². The molecule has 2 aromatic rings. The number of aliphatic hydroxyl groups excluding tert-OH is 1. The molecule has 0 saturated carbocycles. The van der Waals surface area contributed by atoms with Crippen LogP contribution in [0.1, 0.15) is 42.8 Å². The van der Waals surface area contributed by atoms with Crippen molar-refractivity contribution in [1.29, 1.82) is 0 Å². The van der Waals surface area contributed by atoms with Crippen molar-refractivity contribution in [2.75, 3.05) is 13.2 Å². The summed E-state index contributed by atoms with van der Waals surface area (Å²) in [5.74, 6) is -0.135. The Hall–Kier alpha value is -1.80. The van der Waals surface area contributed by atoms with E-state index in [-0.39, 0.29) is 17.9 Å². The van der Waals surface area contributed by atoms with Gasteiger partial charge >= 0.3 is 0 Å². The van der Waals surface area contributed by atoms with Gasteiger partial charge in [0.25, 0.3) is 5.91 Å². The fourth-order valence-corrected chi connectivity index (χ4v) is 3.25. The highest BCUT2D eigenvalue weighted by molar-refractivity contribution is 7.12. The third-order valence-electron chi connectivity index (χ3n) is 4.21. The van der Waals surface area contributed by atoms with Crippen LogP contribution in [0.25, 0.3) is 5.69 Å². The molecule has 0 unspecified atom stereocenters. The van der Waals surface area contributed by atoms with Crippen LogP contribution in [-0.2, 0) is 0 Å². The zero-order valence-electron chi connectivity index (χ0n) is 12.8. The van der Waals surface area contributed by atoms with Gasteiger partial charge in [-0.3, -0.25) is 4.79 Å². The van der Waals surface area contributed by atoms with E-state index in [9.17, 15) is 9.90 Å². The topological polar surface area (TPSA) is 92.9 Å². The summed E-state index contributed by atoms with van der Waals surface area (Å²) in [6.07, 6.45) is 3.97. The Kier molecular flexibility index (Phi) is 5.62. The highest BCUT2D eigenvalue weighted by atomic mass is 32.1. The largest absolute Gasteiger partial charge is 0.396 e. The van der Waals surface area contributed by atoms with Crippen LogP contribution in [0.15, 0.2) is 17.8 Å². The molecule has 0 spiro atoms. The molecular formula is C14H21N5O2S. The third kappa shape index (κ3) is 3.50. The number of nitrogens with zero attached hydrogens (tertiary/aromatic N) is 4. The van der Waals surface area contributed by atoms with Gasteiger partial charge in [0, 0.05) is 13.2 Å². The van der Waals surface area contributed by atoms with Crippen molar-refractivity contribution in [3.8, 4) is 5.69 Å². The van der Waals surface area contributed by atoms with E-state index in [1.165, 1.54) is 22.3 Å². The van der Waals surface area contributed by atoms with E-state index in [0.717, 1.165) is 12.8 Å². The monoisotopic (exact) mass is 323 g/mol. The Morgan fingerprint density at radius 3 is 2.82 bits per heavy atom. The van der Waals surface area contributed by atoms with E-state index in [0.29, 0.717) is 23.5 Å². The summed E-state index contributed by atoms with van der Waals surface area (Å²) in [7, 11) is 0. The number of aromatic nitrogens is 4. The quantitative estimate of drug-likeness (QED) is 0.770. The van der Waals surface area contributed by atoms with E-state index < -0.39 is 0 Å². The molecule has 0 atom stereocenters. The highest BCUT2D eigenvalue weighted by Gasteiger charge is 2.27. The first-order valence-electron chi connectivity index (χ1n) is 7.35. The minimum Gasteiger partial charge on any atom is -0.396 e. The number of tetrazole rings is 1. The summed E-state index contributed by atoms with van der Waals surface area (Å²) in [4.78, 5) is 13.0. The molecule has 22 heavy (non-hydrogen) atoms. The number of rotatable bonds is 8. The number of nitrogens with one attached hydrogen (secondary N) is 1. The molecule has 2 rings (SSSR count). The van der Waals surface area contributed by atoms with Crippen molar-refractivity contribution in [1.82, 2.24) is 25.5 Å². The number of hydrogen-bond donors (Lipinski definition) is 2. The molecule has 0 bridgehead atoms. The second-order valence-electron chi connectivity index (χ2n) is 5.25. The smallest absolute Gasteiger partial charge is 0.263 e. The van der Waals surface area contributed by atoms with Crippen LogP contribution in [0.5, 0.6) is 0 Å². The average Bonchev–Trinajstić information content (AvgIpc) is 3.21. The molecule has 120 valence electrons. The van der Waals surface area contributed by atoms with Crippen molar-refractivity contribution in [2.24, 2.45) is 5.41 Å². The van der Waals surface area contributed by atoms with Gasteiger partial charge in [-0.05, 0) is 46.6 Å². The summed E-state index contributed by atoms with van der Waals surface area (Å²) in [6.45, 7) is 4.85. The van der Waals surface area contributed by atoms with Gasteiger partial charge in [-0.25, -0.2) is 0 Å². The molecule has 0 saturated heterocycles. The van der Waals surface area contributed by atoms with Crippen molar-refractivity contribution in [2.45, 2.75) is 33.1 Å². The van der Waals surface area contributed by atoms with Crippen molar-refractivity contribution in [3.05, 3.63) is 22.7 Å². The Bertz CT molecular complexity index is 592. The number of carbonyl (C=O) groups excluding carboxylic acids is 1. The lowest BCUT2D eigenvalue weighted by Gasteiger charge is -2.31. The molecule has 0 aliphatic rings. The second-order valence-corrected chi connectivity index (χ2v) is 6.17. The minimum absolute atomic E-state index is 0.0589. The van der Waals surface area contributed by atoms with Gasteiger partial charge in [-0.2, -0.15) is 4.68 Å². The lowest BCUT2D eigenvalue weighted by molar-refractivity contribution is 0.0911. The van der Waals surface area contributed by atoms with Crippen LogP contribution < -0.4 is 5.32 Å². The SMILES string of the molecule is CCC(CC)(CCO)CNC(=O)c1sccc1-n1cnnn1. The van der Waals surface area contributed by atoms with E-state index in [1.54, 1.807) is 0 Å². The molecule has 1 amide bonds. The molecule has 2 aromatic heterocycles. The summed E-state index contributed by atoms with van der Waals surface area (Å²) in [5.41, 5.74) is 0.615. The second kappa shape index (κ2) is 7.46. The average molecular weight is 323 g/mol. The normalized spacial score (nSPS) is 11.6. The first-order valence-corrected chi connectivity index (χ1v) is 8.23. The lowest BCUT2D eigenvalue weighted by Crippen LogP contribution is -2.37. The van der Waals surface area contributed by atoms with Gasteiger partial charge in [-0.1, -0.05) is 13.8 Å². The number of aliphatic hydroxyl groups is 1. The highest BCUT2D eigenvalue weighted by Crippen LogP contribution is 2.29. The van der Waals surface area contributed by atoms with Crippen LogP contribution in [0.4, 0.5) is 0 Å². The van der Waals surface area contributed by atoms with Crippen LogP contribution in [0, 0.1) is 5.41 Å². The molecule has 0 aromatic carbocycles. The first kappa shape index (κ1) is 16.6. The Balaban J connectivity index is 2.09. The van der Waals surface area contributed by atoms with E-state index in [1.807, 2.05) is 11.4 Å².